The maximum atomic E-state index is 12.9. The highest BCUT2D eigenvalue weighted by atomic mass is 16.2. The molecule has 1 aromatic heterocycles. The van der Waals surface area contributed by atoms with Crippen molar-refractivity contribution >= 4 is 27.7 Å². The molecule has 5 rings (SSSR count). The zero-order valence-corrected chi connectivity index (χ0v) is 17.3. The molecule has 1 aliphatic rings. The standard InChI is InChI=1S/C25H24N4O2/c30-24-16-26-22-10-3-4-11-23(22)29(24)18-25(31)28-14-12-27(13-15-28)17-20-8-5-7-19-6-1-2-9-21(19)20/h1-11,16H,12-15,17-18H2. The number of para-hydroxylation sites is 2. The minimum Gasteiger partial charge on any atom is -0.339 e. The highest BCUT2D eigenvalue weighted by Crippen LogP contribution is 2.20. The van der Waals surface area contributed by atoms with Gasteiger partial charge in [0.2, 0.25) is 5.91 Å². The van der Waals surface area contributed by atoms with Crippen LogP contribution in [0.2, 0.25) is 0 Å². The summed E-state index contributed by atoms with van der Waals surface area (Å²) < 4.78 is 1.52. The predicted octanol–water partition coefficient (Wildman–Crippen LogP) is 2.89. The molecule has 156 valence electrons. The van der Waals surface area contributed by atoms with Gasteiger partial charge in [0.25, 0.3) is 5.56 Å². The van der Waals surface area contributed by atoms with E-state index in [0.29, 0.717) is 18.6 Å². The van der Waals surface area contributed by atoms with E-state index >= 15 is 0 Å². The van der Waals surface area contributed by atoms with Crippen molar-refractivity contribution in [3.63, 3.8) is 0 Å². The first-order valence-electron chi connectivity index (χ1n) is 10.6. The molecule has 1 saturated heterocycles. The fourth-order valence-electron chi connectivity index (χ4n) is 4.34. The van der Waals surface area contributed by atoms with Crippen LogP contribution in [0.3, 0.4) is 0 Å². The Morgan fingerprint density at radius 3 is 2.48 bits per heavy atom. The normalized spacial score (nSPS) is 14.9. The average Bonchev–Trinajstić information content (AvgIpc) is 2.81. The van der Waals surface area contributed by atoms with E-state index in [9.17, 15) is 9.59 Å². The molecule has 0 aliphatic carbocycles. The maximum Gasteiger partial charge on any atom is 0.269 e. The largest absolute Gasteiger partial charge is 0.339 e. The number of hydrogen-bond acceptors (Lipinski definition) is 4. The number of benzene rings is 3. The summed E-state index contributed by atoms with van der Waals surface area (Å²) in [5, 5.41) is 2.54. The van der Waals surface area contributed by atoms with Gasteiger partial charge >= 0.3 is 0 Å². The van der Waals surface area contributed by atoms with Crippen molar-refractivity contribution in [1.82, 2.24) is 19.4 Å². The lowest BCUT2D eigenvalue weighted by Gasteiger charge is -2.35. The molecule has 1 aliphatic heterocycles. The van der Waals surface area contributed by atoms with Crippen LogP contribution in [0.1, 0.15) is 5.56 Å². The van der Waals surface area contributed by atoms with Crippen molar-refractivity contribution in [3.05, 3.63) is 88.8 Å². The number of fused-ring (bicyclic) bond motifs is 2. The number of aromatic nitrogens is 2. The molecule has 4 aromatic rings. The quantitative estimate of drug-likeness (QED) is 0.517. The topological polar surface area (TPSA) is 58.4 Å². The molecule has 0 atom stereocenters. The van der Waals surface area contributed by atoms with E-state index in [2.05, 4.69) is 52.3 Å². The highest BCUT2D eigenvalue weighted by Gasteiger charge is 2.22. The smallest absolute Gasteiger partial charge is 0.269 e. The summed E-state index contributed by atoms with van der Waals surface area (Å²) in [6.07, 6.45) is 1.29. The van der Waals surface area contributed by atoms with Gasteiger partial charge in [-0.2, -0.15) is 0 Å². The monoisotopic (exact) mass is 412 g/mol. The molecule has 0 bridgehead atoms. The minimum absolute atomic E-state index is 0.0248. The Hall–Kier alpha value is -3.51. The van der Waals surface area contributed by atoms with E-state index in [1.165, 1.54) is 27.1 Å². The second-order valence-corrected chi connectivity index (χ2v) is 7.97. The summed E-state index contributed by atoms with van der Waals surface area (Å²) in [4.78, 5) is 33.7. The summed E-state index contributed by atoms with van der Waals surface area (Å²) >= 11 is 0. The van der Waals surface area contributed by atoms with E-state index in [-0.39, 0.29) is 18.0 Å². The fourth-order valence-corrected chi connectivity index (χ4v) is 4.34. The maximum absolute atomic E-state index is 12.9. The van der Waals surface area contributed by atoms with E-state index in [1.807, 2.05) is 29.2 Å². The van der Waals surface area contributed by atoms with E-state index < -0.39 is 0 Å². The lowest BCUT2D eigenvalue weighted by Crippen LogP contribution is -2.49. The van der Waals surface area contributed by atoms with Crippen molar-refractivity contribution in [1.29, 1.82) is 0 Å². The minimum atomic E-state index is -0.248. The number of hydrogen-bond donors (Lipinski definition) is 0. The van der Waals surface area contributed by atoms with Gasteiger partial charge in [-0.1, -0.05) is 54.6 Å². The molecule has 6 heteroatoms. The number of piperazine rings is 1. The van der Waals surface area contributed by atoms with Gasteiger partial charge in [-0.3, -0.25) is 19.1 Å². The first-order chi connectivity index (χ1) is 15.2. The number of rotatable bonds is 4. The van der Waals surface area contributed by atoms with E-state index in [4.69, 9.17) is 0 Å². The van der Waals surface area contributed by atoms with Crippen LogP contribution in [-0.4, -0.2) is 51.4 Å². The molecule has 31 heavy (non-hydrogen) atoms. The Balaban J connectivity index is 1.25. The number of amides is 1. The molecule has 0 unspecified atom stereocenters. The highest BCUT2D eigenvalue weighted by molar-refractivity contribution is 5.85. The Morgan fingerprint density at radius 2 is 1.61 bits per heavy atom. The van der Waals surface area contributed by atoms with Crippen LogP contribution >= 0.6 is 0 Å². The molecule has 2 heterocycles. The number of carbonyl (C=O) groups excluding carboxylic acids is 1. The summed E-state index contributed by atoms with van der Waals surface area (Å²) in [5.74, 6) is -0.0248. The van der Waals surface area contributed by atoms with Gasteiger partial charge in [-0.25, -0.2) is 4.98 Å². The van der Waals surface area contributed by atoms with Gasteiger partial charge in [0.05, 0.1) is 17.2 Å². The Kier molecular flexibility index (Phi) is 5.22. The SMILES string of the molecule is O=C(Cn1c(=O)cnc2ccccc21)N1CCN(Cc2cccc3ccccc23)CC1. The van der Waals surface area contributed by atoms with Crippen LogP contribution in [0.15, 0.2) is 77.7 Å². The summed E-state index contributed by atoms with van der Waals surface area (Å²) in [7, 11) is 0. The average molecular weight is 412 g/mol. The van der Waals surface area contributed by atoms with Crippen molar-refractivity contribution < 1.29 is 4.79 Å². The van der Waals surface area contributed by atoms with Gasteiger partial charge in [0, 0.05) is 32.7 Å². The van der Waals surface area contributed by atoms with E-state index in [1.54, 1.807) is 0 Å². The van der Waals surface area contributed by atoms with Crippen molar-refractivity contribution in [3.8, 4) is 0 Å². The van der Waals surface area contributed by atoms with Crippen LogP contribution in [0, 0.1) is 0 Å². The third-order valence-corrected chi connectivity index (χ3v) is 6.04. The molecule has 3 aromatic carbocycles. The summed E-state index contributed by atoms with van der Waals surface area (Å²) in [5.41, 5.74) is 2.47. The Bertz CT molecular complexity index is 1300. The first-order valence-corrected chi connectivity index (χ1v) is 10.6. The van der Waals surface area contributed by atoms with Crippen LogP contribution in [0.5, 0.6) is 0 Å². The second-order valence-electron chi connectivity index (χ2n) is 7.97. The lowest BCUT2D eigenvalue weighted by molar-refractivity contribution is -0.133. The molecular formula is C25H24N4O2. The number of carbonyl (C=O) groups is 1. The zero-order chi connectivity index (χ0) is 21.2. The van der Waals surface area contributed by atoms with Crippen LogP contribution in [0.4, 0.5) is 0 Å². The number of nitrogens with zero attached hydrogens (tertiary/aromatic N) is 4. The van der Waals surface area contributed by atoms with Crippen LogP contribution < -0.4 is 5.56 Å². The second kappa shape index (κ2) is 8.32. The zero-order valence-electron chi connectivity index (χ0n) is 17.3. The van der Waals surface area contributed by atoms with Gasteiger partial charge < -0.3 is 4.90 Å². The lowest BCUT2D eigenvalue weighted by atomic mass is 10.0. The summed E-state index contributed by atoms with van der Waals surface area (Å²) in [6, 6.07) is 22.3. The predicted molar refractivity (Wildman–Crippen MR) is 122 cm³/mol. The molecule has 1 amide bonds. The Morgan fingerprint density at radius 1 is 0.871 bits per heavy atom. The molecule has 1 fully saturated rings. The van der Waals surface area contributed by atoms with Gasteiger partial charge in [0.1, 0.15) is 6.54 Å². The molecule has 0 N–H and O–H groups in total. The Labute approximate surface area is 180 Å². The third-order valence-electron chi connectivity index (χ3n) is 6.04. The molecule has 0 radical (unpaired) electrons. The summed E-state index contributed by atoms with van der Waals surface area (Å²) in [6.45, 7) is 3.90. The van der Waals surface area contributed by atoms with Crippen LogP contribution in [-0.2, 0) is 17.9 Å². The first kappa shape index (κ1) is 19.5. The van der Waals surface area contributed by atoms with Crippen molar-refractivity contribution in [2.45, 2.75) is 13.1 Å². The van der Waals surface area contributed by atoms with Crippen molar-refractivity contribution in [2.24, 2.45) is 0 Å². The molecule has 0 saturated carbocycles. The van der Waals surface area contributed by atoms with Crippen LogP contribution in [0.25, 0.3) is 21.8 Å². The molecule has 0 spiro atoms. The van der Waals surface area contributed by atoms with Crippen molar-refractivity contribution in [2.75, 3.05) is 26.2 Å². The van der Waals surface area contributed by atoms with Gasteiger partial charge in [0.15, 0.2) is 0 Å². The molecular weight excluding hydrogens is 388 g/mol. The van der Waals surface area contributed by atoms with Gasteiger partial charge in [-0.05, 0) is 28.5 Å². The van der Waals surface area contributed by atoms with E-state index in [0.717, 1.165) is 25.2 Å². The fraction of sp³-hybridized carbons (Fsp3) is 0.240. The van der Waals surface area contributed by atoms with Gasteiger partial charge in [-0.15, -0.1) is 0 Å². The third kappa shape index (κ3) is 3.94. The molecule has 6 nitrogen and oxygen atoms in total.